The highest BCUT2D eigenvalue weighted by Crippen LogP contribution is 2.31. The highest BCUT2D eigenvalue weighted by molar-refractivity contribution is 7.13. The van der Waals surface area contributed by atoms with Crippen LogP contribution >= 0.6 is 11.5 Å². The van der Waals surface area contributed by atoms with Gasteiger partial charge in [0, 0.05) is 43.2 Å². The standard InChI is InChI=1S/C24H27N3O3S/c28-23-10-8-18-7-9-19(17-21(18)30-23)29-16-4-3-11-26-12-14-27(15-13-26)24-20-5-1-2-6-22(20)31-25-24/h1-2,5-10,17,23,28H,3-4,11-16H2. The number of benzene rings is 2. The van der Waals surface area contributed by atoms with Crippen molar-refractivity contribution in [2.75, 3.05) is 44.2 Å². The third kappa shape index (κ3) is 4.69. The van der Waals surface area contributed by atoms with E-state index in [0.29, 0.717) is 12.4 Å². The molecule has 0 amide bonds. The number of anilines is 1. The Morgan fingerprint density at radius 1 is 1.10 bits per heavy atom. The average Bonchev–Trinajstić information content (AvgIpc) is 3.23. The smallest absolute Gasteiger partial charge is 0.217 e. The number of aliphatic hydroxyl groups is 1. The number of unbranched alkanes of at least 4 members (excludes halogenated alkanes) is 1. The van der Waals surface area contributed by atoms with Crippen molar-refractivity contribution in [1.82, 2.24) is 9.27 Å². The summed E-state index contributed by atoms with van der Waals surface area (Å²) >= 11 is 1.59. The van der Waals surface area contributed by atoms with Gasteiger partial charge in [-0.05, 0) is 67.3 Å². The highest BCUT2D eigenvalue weighted by atomic mass is 32.1. The fourth-order valence-corrected chi connectivity index (χ4v) is 4.91. The molecule has 0 spiro atoms. The van der Waals surface area contributed by atoms with E-state index in [1.807, 2.05) is 24.3 Å². The Kier molecular flexibility index (Phi) is 6.06. The molecule has 6 nitrogen and oxygen atoms in total. The van der Waals surface area contributed by atoms with Crippen LogP contribution in [0.1, 0.15) is 18.4 Å². The van der Waals surface area contributed by atoms with E-state index in [-0.39, 0.29) is 0 Å². The van der Waals surface area contributed by atoms with Crippen LogP contribution < -0.4 is 14.4 Å². The minimum absolute atomic E-state index is 0.665. The molecule has 1 atom stereocenters. The van der Waals surface area contributed by atoms with E-state index in [0.717, 1.165) is 62.7 Å². The predicted molar refractivity (Wildman–Crippen MR) is 125 cm³/mol. The number of ether oxygens (including phenoxy) is 2. The van der Waals surface area contributed by atoms with E-state index < -0.39 is 6.29 Å². The summed E-state index contributed by atoms with van der Waals surface area (Å²) in [7, 11) is 0. The maximum atomic E-state index is 9.57. The van der Waals surface area contributed by atoms with Crippen LogP contribution in [0.2, 0.25) is 0 Å². The van der Waals surface area contributed by atoms with Crippen LogP contribution in [0.5, 0.6) is 11.5 Å². The van der Waals surface area contributed by atoms with Crippen molar-refractivity contribution < 1.29 is 14.6 Å². The lowest BCUT2D eigenvalue weighted by atomic mass is 10.1. The molecule has 31 heavy (non-hydrogen) atoms. The Hall–Kier alpha value is -2.61. The normalized spacial score (nSPS) is 18.7. The molecule has 2 aliphatic heterocycles. The van der Waals surface area contributed by atoms with Gasteiger partial charge in [-0.1, -0.05) is 12.1 Å². The summed E-state index contributed by atoms with van der Waals surface area (Å²) < 4.78 is 17.3. The molecule has 1 fully saturated rings. The van der Waals surface area contributed by atoms with E-state index >= 15 is 0 Å². The lowest BCUT2D eigenvalue weighted by Crippen LogP contribution is -2.46. The molecule has 2 aliphatic rings. The molecule has 0 saturated carbocycles. The van der Waals surface area contributed by atoms with Crippen LogP contribution in [-0.2, 0) is 0 Å². The molecule has 162 valence electrons. The number of piperazine rings is 1. The summed E-state index contributed by atoms with van der Waals surface area (Å²) in [5.74, 6) is 2.59. The number of aliphatic hydroxyl groups excluding tert-OH is 1. The van der Waals surface area contributed by atoms with E-state index in [9.17, 15) is 5.11 Å². The summed E-state index contributed by atoms with van der Waals surface area (Å²) in [5, 5.41) is 10.8. The molecule has 3 heterocycles. The van der Waals surface area contributed by atoms with Gasteiger partial charge in [0.15, 0.2) is 0 Å². The number of rotatable bonds is 7. The summed E-state index contributed by atoms with van der Waals surface area (Å²) in [5.41, 5.74) is 0.961. The first-order valence-corrected chi connectivity index (χ1v) is 11.6. The van der Waals surface area contributed by atoms with Crippen LogP contribution in [-0.4, -0.2) is 60.0 Å². The Labute approximate surface area is 186 Å². The Bertz CT molecular complexity index is 1060. The Morgan fingerprint density at radius 3 is 2.87 bits per heavy atom. The summed E-state index contributed by atoms with van der Waals surface area (Å²) in [6, 6.07) is 14.2. The van der Waals surface area contributed by atoms with Gasteiger partial charge in [0.2, 0.25) is 6.29 Å². The van der Waals surface area contributed by atoms with Crippen molar-refractivity contribution >= 4 is 33.5 Å². The molecule has 1 unspecified atom stereocenters. The molecule has 5 rings (SSSR count). The van der Waals surface area contributed by atoms with Gasteiger partial charge in [-0.3, -0.25) is 4.90 Å². The van der Waals surface area contributed by atoms with Crippen molar-refractivity contribution in [2.45, 2.75) is 19.1 Å². The first-order valence-electron chi connectivity index (χ1n) is 10.9. The minimum atomic E-state index is -0.877. The molecule has 7 heteroatoms. The number of aromatic nitrogens is 1. The van der Waals surface area contributed by atoms with Gasteiger partial charge >= 0.3 is 0 Å². The third-order valence-corrected chi connectivity index (χ3v) is 6.66. The van der Waals surface area contributed by atoms with E-state index in [4.69, 9.17) is 13.8 Å². The fourth-order valence-electron chi connectivity index (χ4n) is 4.11. The van der Waals surface area contributed by atoms with Crippen LogP contribution in [0, 0.1) is 0 Å². The molecule has 2 aromatic carbocycles. The van der Waals surface area contributed by atoms with Gasteiger partial charge in [-0.2, -0.15) is 4.37 Å². The van der Waals surface area contributed by atoms with Crippen molar-refractivity contribution in [1.29, 1.82) is 0 Å². The number of hydrogen-bond donors (Lipinski definition) is 1. The number of hydrogen-bond acceptors (Lipinski definition) is 7. The van der Waals surface area contributed by atoms with Gasteiger partial charge in [0.1, 0.15) is 17.3 Å². The Balaban J connectivity index is 1.03. The zero-order chi connectivity index (χ0) is 21.0. The van der Waals surface area contributed by atoms with Crippen LogP contribution in [0.15, 0.2) is 48.5 Å². The summed E-state index contributed by atoms with van der Waals surface area (Å²) in [6.45, 7) is 5.98. The monoisotopic (exact) mass is 437 g/mol. The molecule has 0 radical (unpaired) electrons. The van der Waals surface area contributed by atoms with Crippen molar-refractivity contribution in [3.8, 4) is 11.5 Å². The zero-order valence-electron chi connectivity index (χ0n) is 17.4. The number of fused-ring (bicyclic) bond motifs is 2. The fraction of sp³-hybridized carbons (Fsp3) is 0.375. The van der Waals surface area contributed by atoms with Gasteiger partial charge in [0.25, 0.3) is 0 Å². The SMILES string of the molecule is OC1C=Cc2ccc(OCCCCN3CCN(c4nsc5ccccc45)CC3)cc2O1. The zero-order valence-corrected chi connectivity index (χ0v) is 18.3. The molecule has 0 bridgehead atoms. The van der Waals surface area contributed by atoms with Crippen LogP contribution in [0.25, 0.3) is 16.2 Å². The molecule has 3 aromatic rings. The topological polar surface area (TPSA) is 58.1 Å². The lowest BCUT2D eigenvalue weighted by Gasteiger charge is -2.35. The maximum Gasteiger partial charge on any atom is 0.217 e. The van der Waals surface area contributed by atoms with Crippen LogP contribution in [0.4, 0.5) is 5.82 Å². The minimum Gasteiger partial charge on any atom is -0.493 e. The molecular formula is C24H27N3O3S. The predicted octanol–water partition coefficient (Wildman–Crippen LogP) is 4.00. The molecular weight excluding hydrogens is 410 g/mol. The van der Waals surface area contributed by atoms with Gasteiger partial charge in [0.05, 0.1) is 11.3 Å². The largest absolute Gasteiger partial charge is 0.493 e. The summed E-state index contributed by atoms with van der Waals surface area (Å²) in [6.07, 6.45) is 4.74. The molecule has 0 aliphatic carbocycles. The Morgan fingerprint density at radius 2 is 1.97 bits per heavy atom. The molecule has 1 aromatic heterocycles. The molecule has 1 N–H and O–H groups in total. The number of nitrogens with zero attached hydrogens (tertiary/aromatic N) is 3. The maximum absolute atomic E-state index is 9.57. The van der Waals surface area contributed by atoms with E-state index in [2.05, 4.69) is 34.1 Å². The molecule has 1 saturated heterocycles. The van der Waals surface area contributed by atoms with Gasteiger partial charge < -0.3 is 19.5 Å². The first kappa shape index (κ1) is 20.3. The third-order valence-electron chi connectivity index (χ3n) is 5.84. The van der Waals surface area contributed by atoms with Crippen molar-refractivity contribution in [2.24, 2.45) is 0 Å². The summed E-state index contributed by atoms with van der Waals surface area (Å²) in [4.78, 5) is 4.95. The quantitative estimate of drug-likeness (QED) is 0.564. The average molecular weight is 438 g/mol. The van der Waals surface area contributed by atoms with Crippen molar-refractivity contribution in [3.63, 3.8) is 0 Å². The second-order valence-electron chi connectivity index (χ2n) is 7.95. The van der Waals surface area contributed by atoms with Gasteiger partial charge in [-0.15, -0.1) is 0 Å². The first-order chi connectivity index (χ1) is 15.3. The van der Waals surface area contributed by atoms with Crippen molar-refractivity contribution in [3.05, 3.63) is 54.1 Å². The van der Waals surface area contributed by atoms with E-state index in [1.165, 1.54) is 10.1 Å². The second kappa shape index (κ2) is 9.26. The second-order valence-corrected chi connectivity index (χ2v) is 8.76. The van der Waals surface area contributed by atoms with Gasteiger partial charge in [-0.25, -0.2) is 0 Å². The van der Waals surface area contributed by atoms with E-state index in [1.54, 1.807) is 17.6 Å². The highest BCUT2D eigenvalue weighted by Gasteiger charge is 2.20. The van der Waals surface area contributed by atoms with Crippen LogP contribution in [0.3, 0.4) is 0 Å². The lowest BCUT2D eigenvalue weighted by molar-refractivity contribution is 0.0229.